The standard InChI is InChI=1S/C104H68BN7O2/c1-104(2,3)67-50-57-90(80(60-67)64-28-8-5-9-29-64)110-92-56-49-66(84-61-68(108-86-39-18-11-31-70(86)71-32-12-19-40-87(71)108)62-98(107-84)112-89-42-21-14-34-73(89)77-52-54-79-75-36-16-23-46-96(75)114-103(79)101(77)112)59-82(92)105-81-58-65(48-55-91(81)109(93-43-25-44-94(110)99(93)105)85-38-17-10-30-69(85)63-26-6-4-7-27-63)83-37-24-47-97(106-83)111-88-41-20-13-33-72(88)76-51-53-78-74-35-15-22-45-95(74)113-102(78)100(76)111/h4-62H,1-3H3/i11D,12D,18D,19D,31D,32D,39D,40D. The lowest BCUT2D eigenvalue weighted by Gasteiger charge is -2.45. The summed E-state index contributed by atoms with van der Waals surface area (Å²) in [5.74, 6) is 1.11. The highest BCUT2D eigenvalue weighted by Gasteiger charge is 2.45. The van der Waals surface area contributed by atoms with E-state index in [1.54, 1.807) is 4.57 Å². The lowest BCUT2D eigenvalue weighted by atomic mass is 9.33. The van der Waals surface area contributed by atoms with Gasteiger partial charge >= 0.3 is 0 Å². The summed E-state index contributed by atoms with van der Waals surface area (Å²) in [5.41, 5.74) is 23.2. The lowest BCUT2D eigenvalue weighted by molar-refractivity contribution is 0.590. The molecule has 0 unspecified atom stereocenters. The molecule has 0 bridgehead atoms. The van der Waals surface area contributed by atoms with Gasteiger partial charge < -0.3 is 23.2 Å². The van der Waals surface area contributed by atoms with Crippen LogP contribution < -0.4 is 26.2 Å². The van der Waals surface area contributed by atoms with Crippen molar-refractivity contribution in [2.24, 2.45) is 0 Å². The van der Waals surface area contributed by atoms with Crippen molar-refractivity contribution in [1.82, 2.24) is 23.7 Å². The second-order valence-electron chi connectivity index (χ2n) is 30.9. The highest BCUT2D eigenvalue weighted by Crippen LogP contribution is 2.51. The molecule has 0 aliphatic carbocycles. The molecule has 0 fully saturated rings. The van der Waals surface area contributed by atoms with Crippen LogP contribution in [0.1, 0.15) is 37.3 Å². The molecule has 10 heteroatoms. The fraction of sp³-hybridized carbons (Fsp3) is 0.0385. The molecular weight excluding hydrogens is 1390 g/mol. The van der Waals surface area contributed by atoms with Crippen molar-refractivity contribution >= 4 is 167 Å². The third-order valence-corrected chi connectivity index (χ3v) is 23.6. The summed E-state index contributed by atoms with van der Waals surface area (Å²) in [5, 5.41) is 7.73. The van der Waals surface area contributed by atoms with Gasteiger partial charge in [0.1, 0.15) is 22.8 Å². The second kappa shape index (κ2) is 24.4. The van der Waals surface area contributed by atoms with Gasteiger partial charge in [0.05, 0.1) is 72.5 Å². The number of benzene rings is 15. The number of hydrogen-bond acceptors (Lipinski definition) is 6. The average molecular weight is 1470 g/mol. The van der Waals surface area contributed by atoms with E-state index in [9.17, 15) is 8.22 Å². The molecule has 0 saturated carbocycles. The first kappa shape index (κ1) is 56.5. The Morgan fingerprint density at radius 3 is 1.39 bits per heavy atom. The summed E-state index contributed by atoms with van der Waals surface area (Å²) in [6.07, 6.45) is 0. The Hall–Kier alpha value is -14.7. The van der Waals surface area contributed by atoms with Gasteiger partial charge in [0.25, 0.3) is 6.71 Å². The quantitative estimate of drug-likeness (QED) is 0.134. The first-order valence-electron chi connectivity index (χ1n) is 42.6. The number of aromatic nitrogens is 5. The Kier molecular flexibility index (Phi) is 12.1. The number of hydrogen-bond donors (Lipinski definition) is 0. The summed E-state index contributed by atoms with van der Waals surface area (Å²) in [6.45, 7) is 6.24. The zero-order chi connectivity index (χ0) is 82.1. The fourth-order valence-electron chi connectivity index (χ4n) is 18.6. The summed E-state index contributed by atoms with van der Waals surface area (Å²) in [7, 11) is 0. The van der Waals surface area contributed by atoms with E-state index in [4.69, 9.17) is 21.5 Å². The van der Waals surface area contributed by atoms with Crippen molar-refractivity contribution in [3.63, 3.8) is 0 Å². The van der Waals surface area contributed by atoms with Crippen LogP contribution in [-0.4, -0.2) is 30.4 Å². The summed E-state index contributed by atoms with van der Waals surface area (Å²) < 4.78 is 95.9. The molecule has 7 aromatic heterocycles. The Labute approximate surface area is 667 Å². The third-order valence-electron chi connectivity index (χ3n) is 23.6. The first-order chi connectivity index (χ1) is 59.5. The smallest absolute Gasteiger partial charge is 0.252 e. The molecule has 534 valence electrons. The van der Waals surface area contributed by atoms with Crippen molar-refractivity contribution in [3.05, 3.63) is 363 Å². The van der Waals surface area contributed by atoms with E-state index in [0.717, 1.165) is 166 Å². The van der Waals surface area contributed by atoms with Crippen LogP contribution in [0.25, 0.3) is 171 Å². The first-order valence-corrected chi connectivity index (χ1v) is 38.6. The Balaban J connectivity index is 0.809. The number of anilines is 6. The van der Waals surface area contributed by atoms with E-state index in [1.165, 1.54) is 5.56 Å². The van der Waals surface area contributed by atoms with Gasteiger partial charge in [-0.15, -0.1) is 0 Å². The van der Waals surface area contributed by atoms with Gasteiger partial charge in [-0.05, 0) is 159 Å². The number of fused-ring (bicyclic) bond motifs is 21. The highest BCUT2D eigenvalue weighted by molar-refractivity contribution is 7.00. The molecule has 9 heterocycles. The van der Waals surface area contributed by atoms with E-state index >= 15 is 0 Å². The molecule has 15 aromatic carbocycles. The van der Waals surface area contributed by atoms with Crippen LogP contribution in [-0.2, 0) is 5.41 Å². The van der Waals surface area contributed by atoms with E-state index < -0.39 is 55.1 Å². The summed E-state index contributed by atoms with van der Waals surface area (Å²) in [4.78, 5) is 16.6. The summed E-state index contributed by atoms with van der Waals surface area (Å²) in [6, 6.07) is 104. The van der Waals surface area contributed by atoms with Crippen molar-refractivity contribution in [1.29, 1.82) is 0 Å². The van der Waals surface area contributed by atoms with Gasteiger partial charge in [-0.25, -0.2) is 9.97 Å². The molecule has 0 saturated heterocycles. The lowest BCUT2D eigenvalue weighted by Crippen LogP contribution is -2.61. The van der Waals surface area contributed by atoms with Crippen LogP contribution >= 0.6 is 0 Å². The predicted molar refractivity (Wildman–Crippen MR) is 474 cm³/mol. The van der Waals surface area contributed by atoms with Gasteiger partial charge in [-0.3, -0.25) is 9.13 Å². The second-order valence-corrected chi connectivity index (χ2v) is 30.9. The Bertz CT molecular complexity index is 8270. The molecule has 24 rings (SSSR count). The van der Waals surface area contributed by atoms with Gasteiger partial charge in [-0.1, -0.05) is 263 Å². The zero-order valence-corrected chi connectivity index (χ0v) is 62.0. The van der Waals surface area contributed by atoms with Crippen LogP contribution in [0.4, 0.5) is 34.1 Å². The van der Waals surface area contributed by atoms with Crippen LogP contribution in [0, 0.1) is 0 Å². The molecule has 0 amide bonds. The fourth-order valence-corrected chi connectivity index (χ4v) is 18.6. The third kappa shape index (κ3) is 9.42. The van der Waals surface area contributed by atoms with Gasteiger partial charge in [0.2, 0.25) is 0 Å². The molecule has 2 aliphatic rings. The van der Waals surface area contributed by atoms with E-state index in [2.05, 4.69) is 294 Å². The molecule has 0 N–H and O–H groups in total. The predicted octanol–water partition coefficient (Wildman–Crippen LogP) is 25.6. The van der Waals surface area contributed by atoms with Gasteiger partial charge in [-0.2, -0.15) is 0 Å². The highest BCUT2D eigenvalue weighted by atomic mass is 16.3. The SMILES string of the molecule is [2H]c1c([2H])c([2H])c2c(c1[2H])c1c([2H])c([2H])c([2H])c([2H])c1n2-c1cc(-c2ccc3c(c2)B2c4cc(-c5cccc(-n6c7ccccc7c7ccc8c9ccccc9oc8c76)n5)ccc4N(c4ccccc4-c4ccccc4)c4cccc(c42)N3c2ccc(C(C)(C)C)cc2-c2ccccc2)nc(-n2c3ccccc3c3ccc4c5ccccc5oc4c32)c1. The number of rotatable bonds is 9. The molecule has 114 heavy (non-hydrogen) atoms. The van der Waals surface area contributed by atoms with Crippen LogP contribution in [0.3, 0.4) is 0 Å². The maximum atomic E-state index is 9.92. The summed E-state index contributed by atoms with van der Waals surface area (Å²) >= 11 is 0. The normalized spacial score (nSPS) is 13.8. The topological polar surface area (TPSA) is 73.3 Å². The maximum Gasteiger partial charge on any atom is 0.252 e. The van der Waals surface area contributed by atoms with Gasteiger partial charge in [0.15, 0.2) is 11.2 Å². The molecule has 9 nitrogen and oxygen atoms in total. The van der Waals surface area contributed by atoms with Crippen molar-refractivity contribution in [3.8, 4) is 62.1 Å². The van der Waals surface area contributed by atoms with E-state index in [1.807, 2.05) is 54.6 Å². The molecule has 0 radical (unpaired) electrons. The van der Waals surface area contributed by atoms with Crippen LogP contribution in [0.5, 0.6) is 0 Å². The van der Waals surface area contributed by atoms with Crippen LogP contribution in [0.2, 0.25) is 0 Å². The minimum atomic E-state index is -0.534. The van der Waals surface area contributed by atoms with Crippen molar-refractivity contribution in [2.75, 3.05) is 9.80 Å². The van der Waals surface area contributed by atoms with Crippen molar-refractivity contribution in [2.45, 2.75) is 26.2 Å². The minimum Gasteiger partial charge on any atom is -0.454 e. The van der Waals surface area contributed by atoms with Crippen LogP contribution in [0.15, 0.2) is 367 Å². The largest absolute Gasteiger partial charge is 0.454 e. The van der Waals surface area contributed by atoms with E-state index in [0.29, 0.717) is 33.9 Å². The number of nitrogens with zero attached hydrogens (tertiary/aromatic N) is 7. The number of para-hydroxylation sites is 7. The zero-order valence-electron chi connectivity index (χ0n) is 70.0. The molecule has 2 aliphatic heterocycles. The Morgan fingerprint density at radius 1 is 0.316 bits per heavy atom. The number of furan rings is 2. The average Bonchev–Trinajstić information content (AvgIpc) is 1.28. The maximum absolute atomic E-state index is 9.92. The van der Waals surface area contributed by atoms with Crippen molar-refractivity contribution < 1.29 is 19.8 Å². The minimum absolute atomic E-state index is 0.0217. The molecule has 0 atom stereocenters. The Morgan fingerprint density at radius 2 is 0.789 bits per heavy atom. The van der Waals surface area contributed by atoms with E-state index in [-0.39, 0.29) is 27.2 Å². The molecule has 0 spiro atoms. The molecule has 22 aromatic rings. The number of pyridine rings is 2. The molecular formula is C104H68BN7O2. The van der Waals surface area contributed by atoms with Gasteiger partial charge in [0, 0.05) is 93.8 Å². The monoisotopic (exact) mass is 1470 g/mol.